The van der Waals surface area contributed by atoms with E-state index in [1.807, 2.05) is 59.5 Å². The van der Waals surface area contributed by atoms with Crippen molar-refractivity contribution in [1.29, 1.82) is 0 Å². The molecule has 224 valence electrons. The minimum atomic E-state index is -1.11. The smallest absolute Gasteiger partial charge is 0.310 e. The molecule has 0 unspecified atom stereocenters. The molecule has 1 saturated carbocycles. The number of esters is 1. The monoisotopic (exact) mass is 589 g/mol. The van der Waals surface area contributed by atoms with Crippen LogP contribution in [0.3, 0.4) is 0 Å². The fourth-order valence-electron chi connectivity index (χ4n) is 8.99. The van der Waals surface area contributed by atoms with E-state index >= 15 is 4.79 Å². The molecule has 2 heterocycles. The summed E-state index contributed by atoms with van der Waals surface area (Å²) in [6, 6.07) is 22.3. The van der Waals surface area contributed by atoms with E-state index in [-0.39, 0.29) is 30.3 Å². The number of ketones is 1. The number of hydrogen-bond donors (Lipinski definition) is 0. The largest absolute Gasteiger partial charge is 0.469 e. The first kappa shape index (κ1) is 27.2. The second-order valence-corrected chi connectivity index (χ2v) is 12.8. The molecule has 4 aliphatic carbocycles. The van der Waals surface area contributed by atoms with Gasteiger partial charge in [-0.05, 0) is 65.6 Å². The minimum absolute atomic E-state index is 0.0502. The zero-order valence-electron chi connectivity index (χ0n) is 24.7. The molecule has 4 atom stereocenters. The molecule has 6 aliphatic rings. The Kier molecular flexibility index (Phi) is 6.40. The lowest BCUT2D eigenvalue weighted by Crippen LogP contribution is -2.51. The maximum atomic E-state index is 15.3. The van der Waals surface area contributed by atoms with E-state index in [4.69, 9.17) is 14.2 Å². The highest BCUT2D eigenvalue weighted by atomic mass is 16.7. The van der Waals surface area contributed by atoms with Gasteiger partial charge in [-0.2, -0.15) is 0 Å². The van der Waals surface area contributed by atoms with Crippen LogP contribution in [0.5, 0.6) is 11.5 Å². The van der Waals surface area contributed by atoms with Crippen molar-refractivity contribution in [3.05, 3.63) is 101 Å². The van der Waals surface area contributed by atoms with Crippen molar-refractivity contribution < 1.29 is 28.6 Å². The first-order chi connectivity index (χ1) is 21.5. The summed E-state index contributed by atoms with van der Waals surface area (Å²) in [6.07, 6.45) is 7.21. The molecule has 2 aliphatic heterocycles. The molecular weight excluding hydrogens is 554 g/mol. The normalized spacial score (nSPS) is 29.6. The standard InChI is InChI=1S/C37H35NO6/c1-42-36(41)33-27(15-13-22-14-16-29-30(19-22)44-21-43-29)31(35(40)38-17-7-2-8-18-38)34(39)37(33)20-28-23-9-3-5-11-25(23)32(37)26-12-6-4-10-24(26)28/h3-6,9-16,19,27-28,31-33H,2,7-8,17-18,20-21H2,1H3/b15-13+/t27-,28?,31-,32?,33+,37+/m0/s1. The van der Waals surface area contributed by atoms with Crippen LogP contribution in [-0.2, 0) is 19.1 Å². The number of Topliss-reactive ketones (excluding diaryl/α,β-unsaturated/α-hetero) is 1. The van der Waals surface area contributed by atoms with Crippen LogP contribution in [0.25, 0.3) is 6.08 Å². The highest BCUT2D eigenvalue weighted by Gasteiger charge is 2.71. The summed E-state index contributed by atoms with van der Waals surface area (Å²) in [5, 5.41) is 0. The van der Waals surface area contributed by atoms with Crippen LogP contribution < -0.4 is 9.47 Å². The van der Waals surface area contributed by atoms with Gasteiger partial charge in [0.15, 0.2) is 17.3 Å². The number of rotatable bonds is 4. The summed E-state index contributed by atoms with van der Waals surface area (Å²) in [6.45, 7) is 1.44. The Morgan fingerprint density at radius 1 is 0.886 bits per heavy atom. The van der Waals surface area contributed by atoms with Crippen molar-refractivity contribution in [1.82, 2.24) is 4.90 Å². The van der Waals surface area contributed by atoms with E-state index < -0.39 is 29.1 Å². The molecule has 9 rings (SSSR count). The number of fused-ring (bicyclic) bond motifs is 1. The summed E-state index contributed by atoms with van der Waals surface area (Å²) in [5.74, 6) is -2.25. The van der Waals surface area contributed by atoms with Crippen LogP contribution in [0.2, 0.25) is 0 Å². The number of hydrogen-bond acceptors (Lipinski definition) is 6. The predicted molar refractivity (Wildman–Crippen MR) is 163 cm³/mol. The van der Waals surface area contributed by atoms with E-state index in [0.717, 1.165) is 36.0 Å². The zero-order chi connectivity index (χ0) is 30.0. The van der Waals surface area contributed by atoms with Gasteiger partial charge in [-0.15, -0.1) is 0 Å². The van der Waals surface area contributed by atoms with Gasteiger partial charge in [-0.1, -0.05) is 66.7 Å². The van der Waals surface area contributed by atoms with Crippen LogP contribution in [0, 0.1) is 23.2 Å². The Morgan fingerprint density at radius 3 is 2.23 bits per heavy atom. The van der Waals surface area contributed by atoms with Crippen molar-refractivity contribution in [2.75, 3.05) is 27.0 Å². The number of ether oxygens (including phenoxy) is 3. The number of carbonyl (C=O) groups excluding carboxylic acids is 3. The van der Waals surface area contributed by atoms with Crippen molar-refractivity contribution in [3.63, 3.8) is 0 Å². The van der Waals surface area contributed by atoms with Gasteiger partial charge in [-0.3, -0.25) is 14.4 Å². The lowest BCUT2D eigenvalue weighted by atomic mass is 9.48. The molecule has 0 aromatic heterocycles. The number of methoxy groups -OCH3 is 1. The van der Waals surface area contributed by atoms with E-state index in [2.05, 4.69) is 24.3 Å². The topological polar surface area (TPSA) is 82.1 Å². The van der Waals surface area contributed by atoms with Crippen molar-refractivity contribution in [2.45, 2.75) is 37.5 Å². The van der Waals surface area contributed by atoms with E-state index in [0.29, 0.717) is 31.0 Å². The van der Waals surface area contributed by atoms with Crippen LogP contribution in [0.15, 0.2) is 72.8 Å². The Bertz CT molecular complexity index is 1660. The SMILES string of the molecule is COC(=O)[C@H]1[C@@H](/C=C/c2ccc3c(c2)OCO3)[C@H](C(=O)N2CCCCC2)C(=O)[C@@]12CC1c3ccccc3C2c2ccccc21. The van der Waals surface area contributed by atoms with Gasteiger partial charge < -0.3 is 19.1 Å². The molecule has 2 fully saturated rings. The molecule has 1 amide bonds. The van der Waals surface area contributed by atoms with E-state index in [9.17, 15) is 9.59 Å². The van der Waals surface area contributed by atoms with E-state index in [1.54, 1.807) is 0 Å². The summed E-state index contributed by atoms with van der Waals surface area (Å²) < 4.78 is 16.6. The lowest BCUT2D eigenvalue weighted by Gasteiger charge is -2.53. The third kappa shape index (κ3) is 3.84. The van der Waals surface area contributed by atoms with Crippen molar-refractivity contribution in [2.24, 2.45) is 23.2 Å². The molecule has 1 spiro atoms. The molecule has 3 aromatic rings. The molecule has 44 heavy (non-hydrogen) atoms. The maximum absolute atomic E-state index is 15.3. The number of benzene rings is 3. The fraction of sp³-hybridized carbons (Fsp3) is 0.378. The molecular formula is C37H35NO6. The summed E-state index contributed by atoms with van der Waals surface area (Å²) in [7, 11) is 1.39. The van der Waals surface area contributed by atoms with Crippen LogP contribution >= 0.6 is 0 Å². The molecule has 0 radical (unpaired) electrons. The van der Waals surface area contributed by atoms with Gasteiger partial charge in [0.2, 0.25) is 12.7 Å². The molecule has 7 nitrogen and oxygen atoms in total. The first-order valence-corrected chi connectivity index (χ1v) is 15.7. The van der Waals surface area contributed by atoms with Gasteiger partial charge >= 0.3 is 5.97 Å². The quantitative estimate of drug-likeness (QED) is 0.286. The Labute approximate surface area is 256 Å². The number of allylic oxidation sites excluding steroid dienone is 1. The number of piperidine rings is 1. The number of carbonyl (C=O) groups is 3. The van der Waals surface area contributed by atoms with Gasteiger partial charge in [-0.25, -0.2) is 0 Å². The van der Waals surface area contributed by atoms with Gasteiger partial charge in [0.1, 0.15) is 5.92 Å². The zero-order valence-corrected chi connectivity index (χ0v) is 24.7. The number of likely N-dealkylation sites (tertiary alicyclic amines) is 1. The highest BCUT2D eigenvalue weighted by Crippen LogP contribution is 2.69. The summed E-state index contributed by atoms with van der Waals surface area (Å²) in [4.78, 5) is 45.6. The number of amides is 1. The lowest BCUT2D eigenvalue weighted by molar-refractivity contribution is -0.154. The van der Waals surface area contributed by atoms with Gasteiger partial charge in [0.25, 0.3) is 0 Å². The van der Waals surface area contributed by atoms with Gasteiger partial charge in [0, 0.05) is 30.8 Å². The third-order valence-corrected chi connectivity index (χ3v) is 10.8. The summed E-state index contributed by atoms with van der Waals surface area (Å²) >= 11 is 0. The fourth-order valence-corrected chi connectivity index (χ4v) is 8.99. The third-order valence-electron chi connectivity index (χ3n) is 10.8. The predicted octanol–water partition coefficient (Wildman–Crippen LogP) is 5.71. The minimum Gasteiger partial charge on any atom is -0.469 e. The van der Waals surface area contributed by atoms with Crippen LogP contribution in [0.4, 0.5) is 0 Å². The molecule has 0 N–H and O–H groups in total. The highest BCUT2D eigenvalue weighted by molar-refractivity contribution is 6.10. The molecule has 3 aromatic carbocycles. The Balaban J connectivity index is 1.31. The first-order valence-electron chi connectivity index (χ1n) is 15.7. The average molecular weight is 590 g/mol. The maximum Gasteiger partial charge on any atom is 0.310 e. The number of nitrogens with zero attached hydrogens (tertiary/aromatic N) is 1. The van der Waals surface area contributed by atoms with E-state index in [1.165, 1.54) is 18.2 Å². The Hall–Kier alpha value is -4.39. The van der Waals surface area contributed by atoms with Gasteiger partial charge in [0.05, 0.1) is 18.4 Å². The molecule has 1 saturated heterocycles. The van der Waals surface area contributed by atoms with Crippen LogP contribution in [-0.4, -0.2) is 49.6 Å². The second kappa shape index (κ2) is 10.4. The summed E-state index contributed by atoms with van der Waals surface area (Å²) in [5.41, 5.74) is 4.30. The molecule has 2 bridgehead atoms. The van der Waals surface area contributed by atoms with Crippen molar-refractivity contribution >= 4 is 23.7 Å². The second-order valence-electron chi connectivity index (χ2n) is 12.8. The van der Waals surface area contributed by atoms with Crippen molar-refractivity contribution in [3.8, 4) is 11.5 Å². The Morgan fingerprint density at radius 2 is 1.55 bits per heavy atom. The van der Waals surface area contributed by atoms with Crippen LogP contribution in [0.1, 0.15) is 65.3 Å². The molecule has 7 heteroatoms. The average Bonchev–Trinajstić information content (AvgIpc) is 3.63.